The number of nitrogens with zero attached hydrogens (tertiary/aromatic N) is 4. The second-order valence-electron chi connectivity index (χ2n) is 13.0. The van der Waals surface area contributed by atoms with Gasteiger partial charge in [-0.1, -0.05) is 37.1 Å². The molecule has 2 aromatic rings. The molecule has 0 spiro atoms. The molecule has 2 aliphatic heterocycles. The van der Waals surface area contributed by atoms with Gasteiger partial charge in [-0.2, -0.15) is 0 Å². The predicted molar refractivity (Wildman–Crippen MR) is 180 cm³/mol. The van der Waals surface area contributed by atoms with Crippen molar-refractivity contribution in [2.45, 2.75) is 51.4 Å². The Morgan fingerprint density at radius 2 is 0.875 bits per heavy atom. The molecule has 2 aromatic carbocycles. The zero-order chi connectivity index (χ0) is 33.9. The van der Waals surface area contributed by atoms with Crippen LogP contribution in [0.5, 0.6) is 0 Å². The van der Waals surface area contributed by atoms with Crippen molar-refractivity contribution >= 4 is 23.8 Å². The molecule has 0 atom stereocenters. The Hall–Kier alpha value is -3.84. The number of piperazine rings is 2. The van der Waals surface area contributed by atoms with E-state index < -0.39 is 0 Å². The average Bonchev–Trinajstić information content (AvgIpc) is 3.09. The Bertz CT molecular complexity index is 1260. The minimum atomic E-state index is -0.231. The van der Waals surface area contributed by atoms with Crippen LogP contribution in [0, 0.1) is 11.8 Å². The molecule has 1 aliphatic carbocycles. The van der Waals surface area contributed by atoms with Crippen molar-refractivity contribution in [2.75, 3.05) is 65.4 Å². The summed E-state index contributed by atoms with van der Waals surface area (Å²) < 4.78 is 0. The smallest absolute Gasteiger partial charge is 0.328 e. The lowest BCUT2D eigenvalue weighted by Crippen LogP contribution is -2.49. The number of carbonyl (C=O) groups excluding carboxylic acids is 4. The summed E-state index contributed by atoms with van der Waals surface area (Å²) in [7, 11) is 0. The van der Waals surface area contributed by atoms with Crippen molar-refractivity contribution in [1.82, 2.24) is 19.9 Å². The highest BCUT2D eigenvalue weighted by Crippen LogP contribution is 2.28. The standard InChI is InChI=1S/C36H50N6O6/c37-17-15-27-7-11-29(12-8-27)33(43)39-19-23-41(24-20-39)47-35(45)31-3-1-4-32(6-2-5-31)36(46)48-42-25-21-40(22-26-42)34(44)30-13-9-28(10-14-30)16-18-38/h7-14,31-32H,1-6,15-26,37-38H2. The second-order valence-corrected chi connectivity index (χ2v) is 13.0. The first kappa shape index (κ1) is 35.5. The third-order valence-electron chi connectivity index (χ3n) is 9.63. The van der Waals surface area contributed by atoms with Crippen molar-refractivity contribution in [2.24, 2.45) is 23.3 Å². The number of hydrogen-bond acceptors (Lipinski definition) is 10. The third-order valence-corrected chi connectivity index (χ3v) is 9.63. The van der Waals surface area contributed by atoms with Crippen LogP contribution in [0.25, 0.3) is 0 Å². The van der Waals surface area contributed by atoms with Gasteiger partial charge < -0.3 is 30.9 Å². The number of benzene rings is 2. The highest BCUT2D eigenvalue weighted by Gasteiger charge is 2.32. The van der Waals surface area contributed by atoms with Crippen molar-refractivity contribution in [1.29, 1.82) is 0 Å². The molecule has 260 valence electrons. The van der Waals surface area contributed by atoms with Crippen molar-refractivity contribution in [3.8, 4) is 0 Å². The van der Waals surface area contributed by atoms with Crippen LogP contribution >= 0.6 is 0 Å². The van der Waals surface area contributed by atoms with Crippen LogP contribution in [0.3, 0.4) is 0 Å². The van der Waals surface area contributed by atoms with E-state index in [2.05, 4.69) is 0 Å². The first-order valence-corrected chi connectivity index (χ1v) is 17.4. The molecule has 5 rings (SSSR count). The maximum atomic E-state index is 13.1. The molecule has 3 aliphatic rings. The zero-order valence-corrected chi connectivity index (χ0v) is 27.9. The molecule has 3 fully saturated rings. The number of hydroxylamine groups is 4. The molecule has 2 amide bonds. The SMILES string of the molecule is NCCc1ccc(C(=O)N2CCN(OC(=O)C3CCCC(C(=O)ON4CCN(C(=O)c5ccc(CCN)cc5)CC4)CCC3)CC2)cc1. The Labute approximate surface area is 283 Å². The Morgan fingerprint density at radius 3 is 1.19 bits per heavy atom. The molecule has 0 bridgehead atoms. The van der Waals surface area contributed by atoms with Gasteiger partial charge in [0.05, 0.1) is 38.0 Å². The lowest BCUT2D eigenvalue weighted by molar-refractivity contribution is -0.203. The van der Waals surface area contributed by atoms with Crippen LogP contribution in [0.4, 0.5) is 0 Å². The zero-order valence-electron chi connectivity index (χ0n) is 27.9. The number of amides is 2. The van der Waals surface area contributed by atoms with Crippen molar-refractivity contribution < 1.29 is 28.9 Å². The maximum Gasteiger partial charge on any atom is 0.328 e. The summed E-state index contributed by atoms with van der Waals surface area (Å²) >= 11 is 0. The first-order valence-electron chi connectivity index (χ1n) is 17.4. The van der Waals surface area contributed by atoms with Gasteiger partial charge >= 0.3 is 11.9 Å². The van der Waals surface area contributed by atoms with Gasteiger partial charge in [-0.25, -0.2) is 0 Å². The molecule has 2 saturated heterocycles. The van der Waals surface area contributed by atoms with Gasteiger partial charge in [0, 0.05) is 37.3 Å². The molecule has 1 saturated carbocycles. The molecule has 2 heterocycles. The maximum absolute atomic E-state index is 13.1. The fraction of sp³-hybridized carbons (Fsp3) is 0.556. The van der Waals surface area contributed by atoms with E-state index in [0.29, 0.717) is 102 Å². The van der Waals surface area contributed by atoms with E-state index in [1.807, 2.05) is 48.5 Å². The van der Waals surface area contributed by atoms with E-state index in [1.165, 1.54) is 0 Å². The summed E-state index contributed by atoms with van der Waals surface area (Å²) in [4.78, 5) is 67.1. The Morgan fingerprint density at radius 1 is 0.542 bits per heavy atom. The van der Waals surface area contributed by atoms with Gasteiger partial charge in [-0.05, 0) is 87.0 Å². The summed E-state index contributed by atoms with van der Waals surface area (Å²) in [6.45, 7) is 4.95. The minimum absolute atomic E-state index is 0.0219. The van der Waals surface area contributed by atoms with Crippen LogP contribution in [-0.4, -0.2) is 109 Å². The van der Waals surface area contributed by atoms with Gasteiger partial charge in [0.2, 0.25) is 0 Å². The fourth-order valence-electron chi connectivity index (χ4n) is 6.68. The minimum Gasteiger partial charge on any atom is -0.368 e. The van der Waals surface area contributed by atoms with Gasteiger partial charge in [0.25, 0.3) is 11.8 Å². The fourth-order valence-corrected chi connectivity index (χ4v) is 6.68. The van der Waals surface area contributed by atoms with E-state index in [-0.39, 0.29) is 35.6 Å². The number of rotatable bonds is 10. The summed E-state index contributed by atoms with van der Waals surface area (Å²) in [5, 5.41) is 3.34. The predicted octanol–water partition coefficient (Wildman–Crippen LogP) is 2.41. The molecular weight excluding hydrogens is 612 g/mol. The van der Waals surface area contributed by atoms with Gasteiger partial charge in [-0.3, -0.25) is 19.2 Å². The molecular formula is C36H50N6O6. The number of nitrogens with two attached hydrogens (primary N) is 2. The van der Waals surface area contributed by atoms with E-state index in [4.69, 9.17) is 21.1 Å². The van der Waals surface area contributed by atoms with Crippen molar-refractivity contribution in [3.05, 3.63) is 70.8 Å². The molecule has 0 aromatic heterocycles. The van der Waals surface area contributed by atoms with Gasteiger partial charge in [0.15, 0.2) is 0 Å². The molecule has 4 N–H and O–H groups in total. The summed E-state index contributed by atoms with van der Waals surface area (Å²) in [6, 6.07) is 15.1. The van der Waals surface area contributed by atoms with E-state index >= 15 is 0 Å². The van der Waals surface area contributed by atoms with Crippen LogP contribution in [0.1, 0.15) is 70.4 Å². The highest BCUT2D eigenvalue weighted by atomic mass is 16.7. The van der Waals surface area contributed by atoms with Crippen LogP contribution < -0.4 is 11.5 Å². The number of hydrogen-bond donors (Lipinski definition) is 2. The molecule has 0 unspecified atom stereocenters. The largest absolute Gasteiger partial charge is 0.368 e. The van der Waals surface area contributed by atoms with E-state index in [1.54, 1.807) is 19.9 Å². The topological polar surface area (TPSA) is 152 Å². The molecule has 12 nitrogen and oxygen atoms in total. The summed E-state index contributed by atoms with van der Waals surface area (Å²) in [5.41, 5.74) is 14.7. The van der Waals surface area contributed by atoms with Crippen LogP contribution in [-0.2, 0) is 32.1 Å². The first-order chi connectivity index (χ1) is 23.3. The average molecular weight is 663 g/mol. The molecule has 12 heteroatoms. The van der Waals surface area contributed by atoms with Crippen LogP contribution in [0.15, 0.2) is 48.5 Å². The summed E-state index contributed by atoms with van der Waals surface area (Å²) in [6.07, 6.45) is 5.68. The monoisotopic (exact) mass is 662 g/mol. The summed E-state index contributed by atoms with van der Waals surface area (Å²) in [5.74, 6) is -0.930. The van der Waals surface area contributed by atoms with E-state index in [9.17, 15) is 19.2 Å². The number of carbonyl (C=O) groups is 4. The van der Waals surface area contributed by atoms with Gasteiger partial charge in [0.1, 0.15) is 0 Å². The lowest BCUT2D eigenvalue weighted by Gasteiger charge is -2.35. The third kappa shape index (κ3) is 9.62. The Kier molecular flexibility index (Phi) is 12.9. The highest BCUT2D eigenvalue weighted by molar-refractivity contribution is 5.95. The van der Waals surface area contributed by atoms with E-state index in [0.717, 1.165) is 36.8 Å². The van der Waals surface area contributed by atoms with Gasteiger partial charge in [-0.15, -0.1) is 10.1 Å². The normalized spacial score (nSPS) is 21.2. The molecule has 0 radical (unpaired) electrons. The van der Waals surface area contributed by atoms with Crippen molar-refractivity contribution in [3.63, 3.8) is 0 Å². The van der Waals surface area contributed by atoms with Crippen LogP contribution in [0.2, 0.25) is 0 Å². The Balaban J connectivity index is 0.984. The lowest BCUT2D eigenvalue weighted by atomic mass is 9.86. The quantitative estimate of drug-likeness (QED) is 0.388. The second kappa shape index (κ2) is 17.5. The molecule has 48 heavy (non-hydrogen) atoms.